The Balaban J connectivity index is 2.05. The lowest BCUT2D eigenvalue weighted by Gasteiger charge is -2.04. The standard InChI is InChI=1S/C16H10ClN3O2/c1-20-8-10(7-18-20)9-2-3-11-12-4-5-14(17)19-15(12)22-16(21)13(11)6-9/h2-8H,1H3. The van der Waals surface area contributed by atoms with Gasteiger partial charge in [-0.05, 0) is 23.8 Å². The van der Waals surface area contributed by atoms with Crippen molar-refractivity contribution in [3.8, 4) is 11.1 Å². The van der Waals surface area contributed by atoms with Crippen molar-refractivity contribution < 1.29 is 4.42 Å². The predicted octanol–water partition coefficient (Wildman–Crippen LogP) is 3.40. The highest BCUT2D eigenvalue weighted by Crippen LogP contribution is 2.27. The van der Waals surface area contributed by atoms with E-state index in [1.807, 2.05) is 31.4 Å². The van der Waals surface area contributed by atoms with Crippen LogP contribution < -0.4 is 5.63 Å². The first kappa shape index (κ1) is 13.0. The minimum atomic E-state index is -0.428. The van der Waals surface area contributed by atoms with Gasteiger partial charge in [0.05, 0.1) is 11.6 Å². The van der Waals surface area contributed by atoms with Crippen molar-refractivity contribution in [3.05, 3.63) is 58.3 Å². The Morgan fingerprint density at radius 2 is 1.91 bits per heavy atom. The smallest absolute Gasteiger partial charge is 0.345 e. The fraction of sp³-hybridized carbons (Fsp3) is 0.0625. The van der Waals surface area contributed by atoms with Gasteiger partial charge in [-0.2, -0.15) is 5.10 Å². The maximum Gasteiger partial charge on any atom is 0.345 e. The van der Waals surface area contributed by atoms with Crippen molar-refractivity contribution in [2.24, 2.45) is 7.05 Å². The molecule has 0 N–H and O–H groups in total. The van der Waals surface area contributed by atoms with E-state index in [-0.39, 0.29) is 5.71 Å². The third-order valence-electron chi connectivity index (χ3n) is 3.58. The first-order chi connectivity index (χ1) is 10.6. The molecule has 3 aromatic heterocycles. The summed E-state index contributed by atoms with van der Waals surface area (Å²) in [7, 11) is 1.85. The molecule has 22 heavy (non-hydrogen) atoms. The van der Waals surface area contributed by atoms with Crippen molar-refractivity contribution in [1.29, 1.82) is 0 Å². The van der Waals surface area contributed by atoms with Crippen molar-refractivity contribution in [3.63, 3.8) is 0 Å². The Morgan fingerprint density at radius 3 is 2.68 bits per heavy atom. The molecule has 5 nitrogen and oxygen atoms in total. The van der Waals surface area contributed by atoms with Crippen LogP contribution in [0.25, 0.3) is 33.0 Å². The molecule has 1 aromatic carbocycles. The van der Waals surface area contributed by atoms with E-state index in [0.29, 0.717) is 10.5 Å². The zero-order valence-electron chi connectivity index (χ0n) is 11.6. The number of pyridine rings is 1. The summed E-state index contributed by atoms with van der Waals surface area (Å²) >= 11 is 5.85. The third-order valence-corrected chi connectivity index (χ3v) is 3.79. The van der Waals surface area contributed by atoms with Crippen LogP contribution in [0.15, 0.2) is 51.9 Å². The molecular weight excluding hydrogens is 302 g/mol. The zero-order chi connectivity index (χ0) is 15.3. The molecule has 4 aromatic rings. The van der Waals surface area contributed by atoms with E-state index in [2.05, 4.69) is 10.1 Å². The normalized spacial score (nSPS) is 11.4. The molecule has 0 radical (unpaired) electrons. The van der Waals surface area contributed by atoms with Gasteiger partial charge in [-0.3, -0.25) is 4.68 Å². The van der Waals surface area contributed by atoms with Crippen molar-refractivity contribution in [2.75, 3.05) is 0 Å². The fourth-order valence-electron chi connectivity index (χ4n) is 2.54. The second-order valence-corrected chi connectivity index (χ2v) is 5.43. The second kappa shape index (κ2) is 4.68. The Bertz CT molecular complexity index is 1080. The predicted molar refractivity (Wildman–Crippen MR) is 85.0 cm³/mol. The first-order valence-corrected chi connectivity index (χ1v) is 7.02. The summed E-state index contributed by atoms with van der Waals surface area (Å²) in [6.07, 6.45) is 3.65. The van der Waals surface area contributed by atoms with E-state index in [9.17, 15) is 4.79 Å². The molecule has 4 rings (SSSR count). The van der Waals surface area contributed by atoms with Gasteiger partial charge in [-0.25, -0.2) is 9.78 Å². The molecule has 0 amide bonds. The van der Waals surface area contributed by atoms with Gasteiger partial charge in [0.1, 0.15) is 5.15 Å². The molecule has 0 aliphatic rings. The number of halogens is 1. The Morgan fingerprint density at radius 1 is 1.09 bits per heavy atom. The summed E-state index contributed by atoms with van der Waals surface area (Å²) in [5.41, 5.74) is 1.68. The number of rotatable bonds is 1. The van der Waals surface area contributed by atoms with Gasteiger partial charge in [0.2, 0.25) is 5.71 Å². The monoisotopic (exact) mass is 311 g/mol. The summed E-state index contributed by atoms with van der Waals surface area (Å²) in [5, 5.41) is 6.51. The van der Waals surface area contributed by atoms with Crippen LogP contribution in [0.5, 0.6) is 0 Å². The molecule has 0 atom stereocenters. The van der Waals surface area contributed by atoms with Gasteiger partial charge in [-0.1, -0.05) is 23.7 Å². The number of aryl methyl sites for hydroxylation is 1. The van der Waals surface area contributed by atoms with Crippen LogP contribution in [0.1, 0.15) is 0 Å². The van der Waals surface area contributed by atoms with E-state index < -0.39 is 5.63 Å². The van der Waals surface area contributed by atoms with E-state index >= 15 is 0 Å². The van der Waals surface area contributed by atoms with Crippen molar-refractivity contribution in [2.45, 2.75) is 0 Å². The molecule has 0 bridgehead atoms. The average molecular weight is 312 g/mol. The molecule has 0 saturated heterocycles. The highest BCUT2D eigenvalue weighted by molar-refractivity contribution is 6.29. The quantitative estimate of drug-likeness (QED) is 0.399. The van der Waals surface area contributed by atoms with Gasteiger partial charge in [0.15, 0.2) is 0 Å². The van der Waals surface area contributed by atoms with Crippen LogP contribution in [0, 0.1) is 0 Å². The number of nitrogens with zero attached hydrogens (tertiary/aromatic N) is 3. The lowest BCUT2D eigenvalue weighted by molar-refractivity contribution is 0.558. The minimum Gasteiger partial charge on any atom is -0.403 e. The van der Waals surface area contributed by atoms with E-state index in [1.165, 1.54) is 0 Å². The molecule has 0 unspecified atom stereocenters. The number of fused-ring (bicyclic) bond motifs is 3. The summed E-state index contributed by atoms with van der Waals surface area (Å²) in [4.78, 5) is 16.3. The van der Waals surface area contributed by atoms with E-state index in [4.69, 9.17) is 16.0 Å². The molecule has 0 spiro atoms. The van der Waals surface area contributed by atoms with Gasteiger partial charge in [0.25, 0.3) is 0 Å². The molecule has 3 heterocycles. The molecule has 0 aliphatic carbocycles. The molecule has 0 aliphatic heterocycles. The Hall–Kier alpha value is -2.66. The number of hydrogen-bond acceptors (Lipinski definition) is 4. The molecule has 108 valence electrons. The summed E-state index contributed by atoms with van der Waals surface area (Å²) in [6.45, 7) is 0. The van der Waals surface area contributed by atoms with Crippen LogP contribution in [0.3, 0.4) is 0 Å². The third kappa shape index (κ3) is 1.98. The van der Waals surface area contributed by atoms with E-state index in [0.717, 1.165) is 21.9 Å². The Kier molecular flexibility index (Phi) is 2.77. The van der Waals surface area contributed by atoms with Crippen LogP contribution in [-0.2, 0) is 7.05 Å². The van der Waals surface area contributed by atoms with Gasteiger partial charge >= 0.3 is 5.63 Å². The summed E-state index contributed by atoms with van der Waals surface area (Å²) in [5.74, 6) is 0. The minimum absolute atomic E-state index is 0.249. The zero-order valence-corrected chi connectivity index (χ0v) is 12.3. The number of hydrogen-bond donors (Lipinski definition) is 0. The van der Waals surface area contributed by atoms with Gasteiger partial charge < -0.3 is 4.42 Å². The maximum absolute atomic E-state index is 12.2. The highest BCUT2D eigenvalue weighted by Gasteiger charge is 2.10. The van der Waals surface area contributed by atoms with Gasteiger partial charge in [-0.15, -0.1) is 0 Å². The SMILES string of the molecule is Cn1cc(-c2ccc3c(c2)c(=O)oc2nc(Cl)ccc23)cn1. The van der Waals surface area contributed by atoms with E-state index in [1.54, 1.807) is 23.0 Å². The average Bonchev–Trinajstić information content (AvgIpc) is 2.93. The summed E-state index contributed by atoms with van der Waals surface area (Å²) in [6, 6.07) is 9.14. The molecule has 6 heteroatoms. The van der Waals surface area contributed by atoms with Crippen LogP contribution >= 0.6 is 11.6 Å². The molecule has 0 saturated carbocycles. The summed E-state index contributed by atoms with van der Waals surface area (Å²) < 4.78 is 7.00. The highest BCUT2D eigenvalue weighted by atomic mass is 35.5. The largest absolute Gasteiger partial charge is 0.403 e. The second-order valence-electron chi connectivity index (χ2n) is 5.04. The van der Waals surface area contributed by atoms with Gasteiger partial charge in [0, 0.05) is 29.6 Å². The van der Waals surface area contributed by atoms with Crippen molar-refractivity contribution in [1.82, 2.24) is 14.8 Å². The topological polar surface area (TPSA) is 60.9 Å². The lowest BCUT2D eigenvalue weighted by atomic mass is 10.0. The fourth-order valence-corrected chi connectivity index (χ4v) is 2.68. The maximum atomic E-state index is 12.2. The van der Waals surface area contributed by atoms with Crippen LogP contribution in [-0.4, -0.2) is 14.8 Å². The van der Waals surface area contributed by atoms with Crippen LogP contribution in [0.2, 0.25) is 5.15 Å². The van der Waals surface area contributed by atoms with Crippen LogP contribution in [0.4, 0.5) is 0 Å². The molecule has 0 fully saturated rings. The molecular formula is C16H10ClN3O2. The lowest BCUT2D eigenvalue weighted by Crippen LogP contribution is -2.01. The Labute approximate surface area is 129 Å². The first-order valence-electron chi connectivity index (χ1n) is 6.64. The van der Waals surface area contributed by atoms with Crippen molar-refractivity contribution >= 4 is 33.5 Å². The number of aromatic nitrogens is 3. The number of benzene rings is 1.